The predicted octanol–water partition coefficient (Wildman–Crippen LogP) is 1.70. The van der Waals surface area contributed by atoms with Gasteiger partial charge in [0.05, 0.1) is 12.9 Å². The molecule has 0 aliphatic carbocycles. The Kier molecular flexibility index (Phi) is 4.69. The molecule has 4 nitrogen and oxygen atoms in total. The molecule has 5 heteroatoms. The first kappa shape index (κ1) is 13.7. The fraction of sp³-hybridized carbons (Fsp3) is 0.417. The van der Waals surface area contributed by atoms with Gasteiger partial charge in [-0.2, -0.15) is 0 Å². The van der Waals surface area contributed by atoms with E-state index in [1.807, 2.05) is 0 Å². The Labute approximate surface area is 102 Å². The SMILES string of the molecule is CCCS(=O)(=O)CC(=O)c1cccc(OC)c1. The molecular weight excluding hydrogens is 240 g/mol. The summed E-state index contributed by atoms with van der Waals surface area (Å²) in [7, 11) is -1.79. The first-order valence-corrected chi connectivity index (χ1v) is 7.18. The zero-order valence-electron chi connectivity index (χ0n) is 9.97. The summed E-state index contributed by atoms with van der Waals surface area (Å²) in [5.41, 5.74) is 0.365. The number of ketones is 1. The number of hydrogen-bond donors (Lipinski definition) is 0. The van der Waals surface area contributed by atoms with Crippen molar-refractivity contribution >= 4 is 15.6 Å². The van der Waals surface area contributed by atoms with Gasteiger partial charge in [-0.3, -0.25) is 4.79 Å². The summed E-state index contributed by atoms with van der Waals surface area (Å²) in [6.07, 6.45) is 0.522. The standard InChI is InChI=1S/C12H16O4S/c1-3-7-17(14,15)9-12(13)10-5-4-6-11(8-10)16-2/h4-6,8H,3,7,9H2,1-2H3. The van der Waals surface area contributed by atoms with Crippen LogP contribution in [0.1, 0.15) is 23.7 Å². The third-order valence-electron chi connectivity index (χ3n) is 2.26. The Balaban J connectivity index is 2.83. The van der Waals surface area contributed by atoms with Crippen molar-refractivity contribution in [3.05, 3.63) is 29.8 Å². The van der Waals surface area contributed by atoms with Gasteiger partial charge < -0.3 is 4.74 Å². The average molecular weight is 256 g/mol. The molecule has 1 aromatic carbocycles. The minimum atomic E-state index is -3.29. The highest BCUT2D eigenvalue weighted by Crippen LogP contribution is 2.13. The number of Topliss-reactive ketones (excluding diaryl/α,β-unsaturated/α-hetero) is 1. The van der Waals surface area contributed by atoms with Crippen LogP contribution >= 0.6 is 0 Å². The van der Waals surface area contributed by atoms with E-state index >= 15 is 0 Å². The van der Waals surface area contributed by atoms with E-state index in [9.17, 15) is 13.2 Å². The summed E-state index contributed by atoms with van der Waals surface area (Å²) in [6, 6.07) is 6.51. The lowest BCUT2D eigenvalue weighted by molar-refractivity contribution is 0.102. The van der Waals surface area contributed by atoms with Crippen LogP contribution in [-0.2, 0) is 9.84 Å². The molecule has 0 bridgehead atoms. The third-order valence-corrected chi connectivity index (χ3v) is 3.99. The molecule has 0 spiro atoms. The van der Waals surface area contributed by atoms with Crippen LogP contribution in [-0.4, -0.2) is 32.8 Å². The minimum Gasteiger partial charge on any atom is -0.497 e. The van der Waals surface area contributed by atoms with Crippen LogP contribution in [0.4, 0.5) is 0 Å². The maximum Gasteiger partial charge on any atom is 0.178 e. The summed E-state index contributed by atoms with van der Waals surface area (Å²) in [5, 5.41) is 0. The van der Waals surface area contributed by atoms with Gasteiger partial charge in [0, 0.05) is 5.56 Å². The molecule has 0 saturated carbocycles. The molecule has 0 atom stereocenters. The second kappa shape index (κ2) is 5.82. The van der Waals surface area contributed by atoms with E-state index in [0.29, 0.717) is 17.7 Å². The highest BCUT2D eigenvalue weighted by atomic mass is 32.2. The van der Waals surface area contributed by atoms with Crippen LogP contribution in [0.5, 0.6) is 5.75 Å². The van der Waals surface area contributed by atoms with Gasteiger partial charge >= 0.3 is 0 Å². The lowest BCUT2D eigenvalue weighted by Crippen LogP contribution is -2.18. The second-order valence-electron chi connectivity index (χ2n) is 3.75. The molecule has 0 aromatic heterocycles. The molecule has 0 N–H and O–H groups in total. The van der Waals surface area contributed by atoms with Gasteiger partial charge in [0.15, 0.2) is 15.6 Å². The maximum atomic E-state index is 11.8. The quantitative estimate of drug-likeness (QED) is 0.727. The van der Waals surface area contributed by atoms with E-state index in [-0.39, 0.29) is 5.75 Å². The minimum absolute atomic E-state index is 0.0444. The van der Waals surface area contributed by atoms with Crippen molar-refractivity contribution in [3.63, 3.8) is 0 Å². The van der Waals surface area contributed by atoms with E-state index in [0.717, 1.165) is 0 Å². The number of carbonyl (C=O) groups excluding carboxylic acids is 1. The summed E-state index contributed by atoms with van der Waals surface area (Å²) >= 11 is 0. The monoisotopic (exact) mass is 256 g/mol. The fourth-order valence-corrected chi connectivity index (χ4v) is 2.80. The van der Waals surface area contributed by atoms with Gasteiger partial charge in [0.1, 0.15) is 11.5 Å². The fourth-order valence-electron chi connectivity index (χ4n) is 1.46. The number of sulfone groups is 1. The van der Waals surface area contributed by atoms with Crippen LogP contribution in [0.2, 0.25) is 0 Å². The van der Waals surface area contributed by atoms with Crippen molar-refractivity contribution in [2.45, 2.75) is 13.3 Å². The topological polar surface area (TPSA) is 60.4 Å². The molecule has 0 aliphatic rings. The molecule has 0 heterocycles. The first-order valence-electron chi connectivity index (χ1n) is 5.36. The number of benzene rings is 1. The van der Waals surface area contributed by atoms with Gasteiger partial charge in [0.2, 0.25) is 0 Å². The van der Waals surface area contributed by atoms with E-state index < -0.39 is 21.4 Å². The van der Waals surface area contributed by atoms with Gasteiger partial charge in [-0.1, -0.05) is 19.1 Å². The van der Waals surface area contributed by atoms with E-state index in [1.165, 1.54) is 7.11 Å². The van der Waals surface area contributed by atoms with Crippen LogP contribution in [0.25, 0.3) is 0 Å². The number of ether oxygens (including phenoxy) is 1. The molecule has 0 unspecified atom stereocenters. The Morgan fingerprint density at radius 2 is 2.06 bits per heavy atom. The Morgan fingerprint density at radius 1 is 1.35 bits per heavy atom. The van der Waals surface area contributed by atoms with E-state index in [4.69, 9.17) is 4.74 Å². The van der Waals surface area contributed by atoms with Crippen LogP contribution < -0.4 is 4.74 Å². The molecule has 0 aliphatic heterocycles. The van der Waals surface area contributed by atoms with Crippen molar-refractivity contribution in [3.8, 4) is 5.75 Å². The van der Waals surface area contributed by atoms with Crippen LogP contribution in [0.15, 0.2) is 24.3 Å². The van der Waals surface area contributed by atoms with Crippen molar-refractivity contribution < 1.29 is 17.9 Å². The van der Waals surface area contributed by atoms with Gasteiger partial charge in [-0.05, 0) is 18.6 Å². The van der Waals surface area contributed by atoms with Crippen molar-refractivity contribution in [1.82, 2.24) is 0 Å². The van der Waals surface area contributed by atoms with E-state index in [1.54, 1.807) is 31.2 Å². The van der Waals surface area contributed by atoms with Crippen LogP contribution in [0.3, 0.4) is 0 Å². The largest absolute Gasteiger partial charge is 0.497 e. The first-order chi connectivity index (χ1) is 7.98. The molecule has 1 rings (SSSR count). The molecule has 1 aromatic rings. The van der Waals surface area contributed by atoms with Crippen molar-refractivity contribution in [1.29, 1.82) is 0 Å². The maximum absolute atomic E-state index is 11.8. The van der Waals surface area contributed by atoms with Gasteiger partial charge in [-0.25, -0.2) is 8.42 Å². The van der Waals surface area contributed by atoms with Crippen molar-refractivity contribution in [2.24, 2.45) is 0 Å². The Hall–Kier alpha value is -1.36. The number of carbonyl (C=O) groups is 1. The molecule has 0 fully saturated rings. The molecule has 94 valence electrons. The Morgan fingerprint density at radius 3 is 2.65 bits per heavy atom. The molecule has 0 amide bonds. The molecule has 0 radical (unpaired) electrons. The van der Waals surface area contributed by atoms with Crippen LogP contribution in [0, 0.1) is 0 Å². The highest BCUT2D eigenvalue weighted by molar-refractivity contribution is 7.92. The average Bonchev–Trinajstić information content (AvgIpc) is 2.28. The predicted molar refractivity (Wildman–Crippen MR) is 66.3 cm³/mol. The summed E-state index contributed by atoms with van der Waals surface area (Å²) < 4.78 is 28.0. The number of hydrogen-bond acceptors (Lipinski definition) is 4. The zero-order valence-corrected chi connectivity index (χ0v) is 10.8. The smallest absolute Gasteiger partial charge is 0.178 e. The molecular formula is C12H16O4S. The second-order valence-corrected chi connectivity index (χ2v) is 5.93. The summed E-state index contributed by atoms with van der Waals surface area (Å²) in [4.78, 5) is 11.8. The zero-order chi connectivity index (χ0) is 12.9. The van der Waals surface area contributed by atoms with E-state index in [2.05, 4.69) is 0 Å². The number of rotatable bonds is 6. The Bertz CT molecular complexity index is 491. The van der Waals surface area contributed by atoms with Gasteiger partial charge in [0.25, 0.3) is 0 Å². The third kappa shape index (κ3) is 4.19. The lowest BCUT2D eigenvalue weighted by atomic mass is 10.1. The number of methoxy groups -OCH3 is 1. The molecule has 0 saturated heterocycles. The lowest BCUT2D eigenvalue weighted by Gasteiger charge is -2.04. The summed E-state index contributed by atoms with van der Waals surface area (Å²) in [5.74, 6) is -0.238. The van der Waals surface area contributed by atoms with Crippen molar-refractivity contribution in [2.75, 3.05) is 18.6 Å². The normalized spacial score (nSPS) is 11.2. The molecule has 17 heavy (non-hydrogen) atoms. The highest BCUT2D eigenvalue weighted by Gasteiger charge is 2.17. The summed E-state index contributed by atoms with van der Waals surface area (Å²) in [6.45, 7) is 1.77. The van der Waals surface area contributed by atoms with Gasteiger partial charge in [-0.15, -0.1) is 0 Å².